The minimum Gasteiger partial charge on any atom is -0.351 e. The van der Waals surface area contributed by atoms with Gasteiger partial charge in [0, 0.05) is 28.6 Å². The maximum absolute atomic E-state index is 12.7. The zero-order valence-corrected chi connectivity index (χ0v) is 17.7. The topological polar surface area (TPSA) is 83.6 Å². The highest BCUT2D eigenvalue weighted by molar-refractivity contribution is 7.90. The number of benzene rings is 2. The van der Waals surface area contributed by atoms with Crippen LogP contribution in [0.1, 0.15) is 53.0 Å². The van der Waals surface area contributed by atoms with Gasteiger partial charge in [-0.25, -0.2) is 12.7 Å². The smallest absolute Gasteiger partial charge is 0.269 e. The highest BCUT2D eigenvalue weighted by Crippen LogP contribution is 2.39. The normalized spacial score (nSPS) is 17.9. The van der Waals surface area contributed by atoms with Gasteiger partial charge in [0.05, 0.1) is 5.56 Å². The van der Waals surface area contributed by atoms with Gasteiger partial charge in [0.15, 0.2) is 0 Å². The van der Waals surface area contributed by atoms with Crippen molar-refractivity contribution in [3.8, 4) is 0 Å². The highest BCUT2D eigenvalue weighted by atomic mass is 35.5. The summed E-state index contributed by atoms with van der Waals surface area (Å²) in [7, 11) is -3.89. The monoisotopic (exact) mass is 432 g/mol. The molecule has 6 nitrogen and oxygen atoms in total. The average molecular weight is 433 g/mol. The first-order valence-electron chi connectivity index (χ1n) is 9.38. The van der Waals surface area contributed by atoms with Gasteiger partial charge in [-0.2, -0.15) is 0 Å². The first kappa shape index (κ1) is 19.9. The largest absolute Gasteiger partial charge is 0.351 e. The molecule has 0 bridgehead atoms. The third kappa shape index (κ3) is 3.53. The molecule has 4 rings (SSSR count). The zero-order valence-electron chi connectivity index (χ0n) is 16.1. The predicted molar refractivity (Wildman–Crippen MR) is 110 cm³/mol. The molecule has 0 aromatic heterocycles. The Morgan fingerprint density at radius 3 is 2.59 bits per heavy atom. The quantitative estimate of drug-likeness (QED) is 0.785. The molecule has 0 radical (unpaired) electrons. The van der Waals surface area contributed by atoms with E-state index in [4.69, 9.17) is 11.6 Å². The molecular weight excluding hydrogens is 412 g/mol. The molecule has 2 aromatic rings. The molecule has 0 saturated heterocycles. The van der Waals surface area contributed by atoms with Gasteiger partial charge in [-0.3, -0.25) is 9.59 Å². The molecule has 152 valence electrons. The van der Waals surface area contributed by atoms with Gasteiger partial charge in [0.1, 0.15) is 4.90 Å². The van der Waals surface area contributed by atoms with Gasteiger partial charge in [0.25, 0.3) is 21.8 Å². The Labute approximate surface area is 174 Å². The Bertz CT molecular complexity index is 1120. The summed E-state index contributed by atoms with van der Waals surface area (Å²) >= 11 is 6.06. The molecule has 2 aromatic carbocycles. The maximum Gasteiger partial charge on any atom is 0.269 e. The number of sulfonamides is 1. The third-order valence-electron chi connectivity index (χ3n) is 5.39. The molecule has 2 aliphatic rings. The van der Waals surface area contributed by atoms with E-state index < -0.39 is 21.8 Å². The number of fused-ring (bicyclic) bond motifs is 1. The summed E-state index contributed by atoms with van der Waals surface area (Å²) in [6.07, 6.45) is 1.37. The average Bonchev–Trinajstić information content (AvgIpc) is 3.47. The Balaban J connectivity index is 1.54. The summed E-state index contributed by atoms with van der Waals surface area (Å²) in [5.41, 5.74) is 0.946. The van der Waals surface area contributed by atoms with E-state index in [1.54, 1.807) is 6.07 Å². The number of hydrogen-bond acceptors (Lipinski definition) is 4. The van der Waals surface area contributed by atoms with Crippen molar-refractivity contribution >= 4 is 33.4 Å². The summed E-state index contributed by atoms with van der Waals surface area (Å²) in [5, 5.41) is 3.48. The molecule has 0 atom stereocenters. The summed E-state index contributed by atoms with van der Waals surface area (Å²) in [4.78, 5) is 25.0. The number of amides is 2. The van der Waals surface area contributed by atoms with Crippen LogP contribution in [0.15, 0.2) is 47.4 Å². The number of carbonyl (C=O) groups is 2. The van der Waals surface area contributed by atoms with Crippen molar-refractivity contribution in [2.45, 2.75) is 43.0 Å². The first-order valence-corrected chi connectivity index (χ1v) is 11.2. The van der Waals surface area contributed by atoms with Crippen LogP contribution in [0.25, 0.3) is 0 Å². The number of nitrogens with one attached hydrogen (secondary N) is 1. The third-order valence-corrected chi connectivity index (χ3v) is 7.50. The van der Waals surface area contributed by atoms with Crippen molar-refractivity contribution in [3.05, 3.63) is 64.2 Å². The molecule has 1 aliphatic carbocycles. The number of nitrogens with zero attached hydrogens (tertiary/aromatic N) is 1. The van der Waals surface area contributed by atoms with Crippen LogP contribution in [0, 0.1) is 0 Å². The number of rotatable bonds is 5. The van der Waals surface area contributed by atoms with Crippen molar-refractivity contribution < 1.29 is 18.0 Å². The van der Waals surface area contributed by atoms with Crippen LogP contribution in [-0.2, 0) is 15.4 Å². The van der Waals surface area contributed by atoms with Crippen molar-refractivity contribution in [3.63, 3.8) is 0 Å². The molecule has 2 amide bonds. The molecule has 1 saturated carbocycles. The fourth-order valence-electron chi connectivity index (χ4n) is 3.47. The fraction of sp³-hybridized carbons (Fsp3) is 0.333. The van der Waals surface area contributed by atoms with Crippen LogP contribution in [0.5, 0.6) is 0 Å². The van der Waals surface area contributed by atoms with Crippen LogP contribution < -0.4 is 5.32 Å². The molecule has 8 heteroatoms. The van der Waals surface area contributed by atoms with E-state index in [1.807, 2.05) is 32.0 Å². The lowest BCUT2D eigenvalue weighted by Gasteiger charge is -2.26. The van der Waals surface area contributed by atoms with Crippen LogP contribution in [0.2, 0.25) is 5.02 Å². The van der Waals surface area contributed by atoms with Gasteiger partial charge in [-0.05, 0) is 48.7 Å². The van der Waals surface area contributed by atoms with E-state index >= 15 is 0 Å². The van der Waals surface area contributed by atoms with Crippen molar-refractivity contribution in [2.24, 2.45) is 0 Å². The van der Waals surface area contributed by atoms with Crippen LogP contribution >= 0.6 is 11.6 Å². The van der Waals surface area contributed by atoms with E-state index in [9.17, 15) is 18.0 Å². The van der Waals surface area contributed by atoms with E-state index in [2.05, 4.69) is 5.32 Å². The van der Waals surface area contributed by atoms with Gasteiger partial charge in [-0.15, -0.1) is 0 Å². The summed E-state index contributed by atoms with van der Waals surface area (Å²) < 4.78 is 26.5. The highest BCUT2D eigenvalue weighted by Gasteiger charge is 2.48. The van der Waals surface area contributed by atoms with Gasteiger partial charge >= 0.3 is 0 Å². The standard InChI is InChI=1S/C21H21ClN2O4S/c1-21(2,14-4-3-5-15(22)11-14)12-23-19(25)13-6-9-17-18(10-13)29(27,28)24(20(17)26)16-7-8-16/h3-6,9-11,16H,7-8,12H2,1-2H3,(H,23,25). The number of carbonyl (C=O) groups excluding carboxylic acids is 2. The van der Waals surface area contributed by atoms with Crippen molar-refractivity contribution in [1.82, 2.24) is 9.62 Å². The molecule has 1 aliphatic heterocycles. The second kappa shape index (κ2) is 6.85. The minimum absolute atomic E-state index is 0.0869. The fourth-order valence-corrected chi connectivity index (χ4v) is 5.50. The second-order valence-electron chi connectivity index (χ2n) is 8.13. The predicted octanol–water partition coefficient (Wildman–Crippen LogP) is 3.35. The zero-order chi connectivity index (χ0) is 21.0. The van der Waals surface area contributed by atoms with Gasteiger partial charge in [0.2, 0.25) is 0 Å². The summed E-state index contributed by atoms with van der Waals surface area (Å²) in [6.45, 7) is 4.31. The van der Waals surface area contributed by atoms with Crippen LogP contribution in [-0.4, -0.2) is 37.1 Å². The Kier molecular flexibility index (Phi) is 4.70. The number of hydrogen-bond donors (Lipinski definition) is 1. The lowest BCUT2D eigenvalue weighted by Crippen LogP contribution is -2.36. The lowest BCUT2D eigenvalue weighted by molar-refractivity contribution is 0.0863. The molecule has 0 spiro atoms. The van der Waals surface area contributed by atoms with Gasteiger partial charge < -0.3 is 5.32 Å². The summed E-state index contributed by atoms with van der Waals surface area (Å²) in [6, 6.07) is 11.4. The molecule has 0 unspecified atom stereocenters. The van der Waals surface area contributed by atoms with Crippen molar-refractivity contribution in [2.75, 3.05) is 6.54 Å². The maximum atomic E-state index is 12.7. The van der Waals surface area contributed by atoms with Crippen LogP contribution in [0.4, 0.5) is 0 Å². The first-order chi connectivity index (χ1) is 13.6. The molecule has 1 heterocycles. The second-order valence-corrected chi connectivity index (χ2v) is 10.3. The molecular formula is C21H21ClN2O4S. The molecule has 1 fully saturated rings. The van der Waals surface area contributed by atoms with E-state index in [1.165, 1.54) is 18.2 Å². The SMILES string of the molecule is CC(C)(CNC(=O)c1ccc2c(c1)S(=O)(=O)N(C1CC1)C2=O)c1cccc(Cl)c1. The lowest BCUT2D eigenvalue weighted by atomic mass is 9.84. The number of halogens is 1. The summed E-state index contributed by atoms with van der Waals surface area (Å²) in [5.74, 6) is -0.896. The van der Waals surface area contributed by atoms with Crippen molar-refractivity contribution in [1.29, 1.82) is 0 Å². The molecule has 29 heavy (non-hydrogen) atoms. The van der Waals surface area contributed by atoms with Gasteiger partial charge in [-0.1, -0.05) is 37.6 Å². The molecule has 1 N–H and O–H groups in total. The Morgan fingerprint density at radius 2 is 1.93 bits per heavy atom. The van der Waals surface area contributed by atoms with E-state index in [-0.39, 0.29) is 27.5 Å². The Morgan fingerprint density at radius 1 is 1.21 bits per heavy atom. The Hall–Kier alpha value is -2.38. The van der Waals surface area contributed by atoms with E-state index in [0.29, 0.717) is 24.4 Å². The van der Waals surface area contributed by atoms with Crippen LogP contribution in [0.3, 0.4) is 0 Å². The van der Waals surface area contributed by atoms with E-state index in [0.717, 1.165) is 9.87 Å². The minimum atomic E-state index is -3.89.